The van der Waals surface area contributed by atoms with Crippen LogP contribution in [0.5, 0.6) is 0 Å². The van der Waals surface area contributed by atoms with Gasteiger partial charge in [0.1, 0.15) is 0 Å². The zero-order valence-corrected chi connectivity index (χ0v) is 14.0. The van der Waals surface area contributed by atoms with Crippen molar-refractivity contribution in [1.82, 2.24) is 9.62 Å². The number of anilines is 1. The van der Waals surface area contributed by atoms with Crippen LogP contribution in [-0.2, 0) is 10.0 Å². The van der Waals surface area contributed by atoms with Crippen LogP contribution >= 0.6 is 11.8 Å². The fourth-order valence-electron chi connectivity index (χ4n) is 2.21. The number of hydrogen-bond donors (Lipinski definition) is 2. The lowest BCUT2D eigenvalue weighted by Gasteiger charge is -2.26. The van der Waals surface area contributed by atoms with E-state index >= 15 is 0 Å². The highest BCUT2D eigenvalue weighted by atomic mass is 32.2. The van der Waals surface area contributed by atoms with Gasteiger partial charge in [0.2, 0.25) is 10.0 Å². The molecule has 2 N–H and O–H groups in total. The van der Waals surface area contributed by atoms with Gasteiger partial charge in [-0.15, -0.1) is 0 Å². The van der Waals surface area contributed by atoms with E-state index < -0.39 is 10.0 Å². The van der Waals surface area contributed by atoms with Crippen LogP contribution in [-0.4, -0.2) is 57.5 Å². The predicted octanol–water partition coefficient (Wildman–Crippen LogP) is 1.45. The molecule has 0 unspecified atom stereocenters. The zero-order valence-electron chi connectivity index (χ0n) is 12.3. The number of thioether (sulfide) groups is 1. The summed E-state index contributed by atoms with van der Waals surface area (Å²) in [5.74, 6) is 2.44. The van der Waals surface area contributed by atoms with Crippen LogP contribution in [0.1, 0.15) is 6.92 Å². The Kier molecular flexibility index (Phi) is 6.35. The molecule has 1 heterocycles. The molecule has 0 atom stereocenters. The van der Waals surface area contributed by atoms with Gasteiger partial charge in [0.15, 0.2) is 0 Å². The van der Waals surface area contributed by atoms with Gasteiger partial charge in [-0.3, -0.25) is 4.90 Å². The summed E-state index contributed by atoms with van der Waals surface area (Å²) in [6.45, 7) is 6.39. The molecule has 5 nitrogen and oxygen atoms in total. The maximum absolute atomic E-state index is 11.8. The summed E-state index contributed by atoms with van der Waals surface area (Å²) in [4.78, 5) is 2.76. The number of benzene rings is 1. The lowest BCUT2D eigenvalue weighted by molar-refractivity contribution is 0.314. The molecule has 0 saturated carbocycles. The van der Waals surface area contributed by atoms with Crippen molar-refractivity contribution >= 4 is 27.5 Å². The predicted molar refractivity (Wildman–Crippen MR) is 89.6 cm³/mol. The molecule has 0 bridgehead atoms. The highest BCUT2D eigenvalue weighted by Gasteiger charge is 2.12. The normalized spacial score (nSPS) is 16.8. The minimum atomic E-state index is -3.35. The Morgan fingerprint density at radius 1 is 1.19 bits per heavy atom. The Balaban J connectivity index is 1.82. The van der Waals surface area contributed by atoms with Crippen molar-refractivity contribution in [2.45, 2.75) is 11.8 Å². The Bertz CT molecular complexity index is 526. The molecule has 1 aliphatic heterocycles. The Hall–Kier alpha value is -0.760. The SMILES string of the molecule is CCNS(=O)(=O)c1ccc(NCCN2CCSCC2)cc1. The number of hydrogen-bond acceptors (Lipinski definition) is 5. The molecule has 1 aromatic rings. The van der Waals surface area contributed by atoms with Gasteiger partial charge >= 0.3 is 0 Å². The van der Waals surface area contributed by atoms with E-state index in [-0.39, 0.29) is 0 Å². The van der Waals surface area contributed by atoms with Crippen molar-refractivity contribution in [3.05, 3.63) is 24.3 Å². The molecule has 0 radical (unpaired) electrons. The van der Waals surface area contributed by atoms with E-state index in [1.807, 2.05) is 23.9 Å². The van der Waals surface area contributed by atoms with Gasteiger partial charge in [-0.1, -0.05) is 6.92 Å². The van der Waals surface area contributed by atoms with Gasteiger partial charge in [-0.05, 0) is 24.3 Å². The van der Waals surface area contributed by atoms with Crippen LogP contribution in [0, 0.1) is 0 Å². The maximum Gasteiger partial charge on any atom is 0.240 e. The fourth-order valence-corrected chi connectivity index (χ4v) is 4.23. The Morgan fingerprint density at radius 2 is 1.86 bits per heavy atom. The third kappa shape index (κ3) is 5.18. The summed E-state index contributed by atoms with van der Waals surface area (Å²) in [7, 11) is -3.35. The molecule has 0 aliphatic carbocycles. The average molecular weight is 329 g/mol. The molecule has 1 aromatic carbocycles. The molecule has 7 heteroatoms. The van der Waals surface area contributed by atoms with Crippen molar-refractivity contribution < 1.29 is 8.42 Å². The van der Waals surface area contributed by atoms with Gasteiger partial charge in [0.25, 0.3) is 0 Å². The lowest BCUT2D eigenvalue weighted by atomic mass is 10.3. The summed E-state index contributed by atoms with van der Waals surface area (Å²) >= 11 is 2.01. The molecule has 21 heavy (non-hydrogen) atoms. The number of sulfonamides is 1. The highest BCUT2D eigenvalue weighted by Crippen LogP contribution is 2.14. The molecule has 1 aliphatic rings. The number of nitrogens with one attached hydrogen (secondary N) is 2. The van der Waals surface area contributed by atoms with Crippen molar-refractivity contribution in [2.24, 2.45) is 0 Å². The first kappa shape index (κ1) is 16.6. The first-order valence-corrected chi connectivity index (χ1v) is 9.89. The van der Waals surface area contributed by atoms with E-state index in [4.69, 9.17) is 0 Å². The summed E-state index contributed by atoms with van der Waals surface area (Å²) in [6.07, 6.45) is 0. The van der Waals surface area contributed by atoms with E-state index in [9.17, 15) is 8.42 Å². The summed E-state index contributed by atoms with van der Waals surface area (Å²) in [5.41, 5.74) is 0.955. The van der Waals surface area contributed by atoms with Crippen molar-refractivity contribution in [2.75, 3.05) is 49.5 Å². The van der Waals surface area contributed by atoms with Gasteiger partial charge in [-0.2, -0.15) is 11.8 Å². The van der Waals surface area contributed by atoms with Gasteiger partial charge in [-0.25, -0.2) is 13.1 Å². The molecule has 0 aromatic heterocycles. The molecule has 1 saturated heterocycles. The summed E-state index contributed by atoms with van der Waals surface area (Å²) in [5, 5.41) is 3.34. The van der Waals surface area contributed by atoms with Crippen LogP contribution in [0.4, 0.5) is 5.69 Å². The second-order valence-electron chi connectivity index (χ2n) is 4.91. The first-order valence-electron chi connectivity index (χ1n) is 7.25. The van der Waals surface area contributed by atoms with Gasteiger partial charge in [0.05, 0.1) is 4.90 Å². The van der Waals surface area contributed by atoms with Crippen LogP contribution in [0.25, 0.3) is 0 Å². The van der Waals surface area contributed by atoms with Crippen molar-refractivity contribution in [3.8, 4) is 0 Å². The fraction of sp³-hybridized carbons (Fsp3) is 0.571. The number of nitrogens with zero attached hydrogens (tertiary/aromatic N) is 1. The minimum Gasteiger partial charge on any atom is -0.384 e. The van der Waals surface area contributed by atoms with E-state index in [2.05, 4.69) is 14.9 Å². The molecule has 1 fully saturated rings. The third-order valence-electron chi connectivity index (χ3n) is 3.36. The molecular weight excluding hydrogens is 306 g/mol. The average Bonchev–Trinajstić information content (AvgIpc) is 2.49. The topological polar surface area (TPSA) is 61.4 Å². The maximum atomic E-state index is 11.8. The first-order chi connectivity index (χ1) is 10.1. The van der Waals surface area contributed by atoms with E-state index in [0.29, 0.717) is 11.4 Å². The molecule has 118 valence electrons. The van der Waals surface area contributed by atoms with Crippen molar-refractivity contribution in [1.29, 1.82) is 0 Å². The smallest absolute Gasteiger partial charge is 0.240 e. The van der Waals surface area contributed by atoms with Crippen LogP contribution in [0.15, 0.2) is 29.2 Å². The summed E-state index contributed by atoms with van der Waals surface area (Å²) in [6, 6.07) is 6.91. The Labute approximate surface area is 131 Å². The largest absolute Gasteiger partial charge is 0.384 e. The quantitative estimate of drug-likeness (QED) is 0.793. The number of rotatable bonds is 7. The molecule has 0 amide bonds. The molecule has 2 rings (SSSR count). The van der Waals surface area contributed by atoms with Gasteiger partial charge < -0.3 is 5.32 Å². The summed E-state index contributed by atoms with van der Waals surface area (Å²) < 4.78 is 26.1. The minimum absolute atomic E-state index is 0.308. The van der Waals surface area contributed by atoms with Crippen LogP contribution in [0.2, 0.25) is 0 Å². The zero-order chi connectivity index (χ0) is 15.1. The second kappa shape index (κ2) is 8.03. The Morgan fingerprint density at radius 3 is 2.48 bits per heavy atom. The standard InChI is InChI=1S/C14H23N3O2S2/c1-2-16-21(18,19)14-5-3-13(4-6-14)15-7-8-17-9-11-20-12-10-17/h3-6,15-16H,2,7-12H2,1H3. The second-order valence-corrected chi connectivity index (χ2v) is 7.90. The van der Waals surface area contributed by atoms with E-state index in [1.54, 1.807) is 19.1 Å². The van der Waals surface area contributed by atoms with Crippen LogP contribution < -0.4 is 10.0 Å². The highest BCUT2D eigenvalue weighted by molar-refractivity contribution is 7.99. The van der Waals surface area contributed by atoms with Crippen LogP contribution in [0.3, 0.4) is 0 Å². The van der Waals surface area contributed by atoms with Gasteiger partial charge in [0, 0.05) is 49.9 Å². The monoisotopic (exact) mass is 329 g/mol. The van der Waals surface area contributed by atoms with E-state index in [0.717, 1.165) is 31.9 Å². The third-order valence-corrected chi connectivity index (χ3v) is 5.86. The molecular formula is C14H23N3O2S2. The van der Waals surface area contributed by atoms with Crippen molar-refractivity contribution in [3.63, 3.8) is 0 Å². The lowest BCUT2D eigenvalue weighted by Crippen LogP contribution is -2.36. The molecule has 0 spiro atoms. The van der Waals surface area contributed by atoms with E-state index in [1.165, 1.54) is 11.5 Å².